The first-order valence-electron chi connectivity index (χ1n) is 8.18. The van der Waals surface area contributed by atoms with Gasteiger partial charge in [0, 0.05) is 12.1 Å². The van der Waals surface area contributed by atoms with Gasteiger partial charge in [0.25, 0.3) is 0 Å². The van der Waals surface area contributed by atoms with Gasteiger partial charge in [-0.3, -0.25) is 0 Å². The molecule has 1 aliphatic carbocycles. The van der Waals surface area contributed by atoms with E-state index in [2.05, 4.69) is 55.6 Å². The molecule has 3 atom stereocenters. The maximum atomic E-state index is 5.24. The highest BCUT2D eigenvalue weighted by Crippen LogP contribution is 2.38. The molecule has 2 aromatic carbocycles. The molecule has 22 heavy (non-hydrogen) atoms. The molecule has 1 unspecified atom stereocenters. The van der Waals surface area contributed by atoms with Crippen LogP contribution in [0.4, 0.5) is 0 Å². The van der Waals surface area contributed by atoms with E-state index in [0.29, 0.717) is 18.0 Å². The van der Waals surface area contributed by atoms with E-state index in [4.69, 9.17) is 4.74 Å². The van der Waals surface area contributed by atoms with E-state index in [9.17, 15) is 0 Å². The van der Waals surface area contributed by atoms with Crippen molar-refractivity contribution < 1.29 is 4.74 Å². The Morgan fingerprint density at radius 3 is 2.36 bits per heavy atom. The van der Waals surface area contributed by atoms with E-state index in [1.807, 2.05) is 12.1 Å². The summed E-state index contributed by atoms with van der Waals surface area (Å²) in [7, 11) is 1.71. The van der Waals surface area contributed by atoms with Crippen molar-refractivity contribution in [2.75, 3.05) is 7.11 Å². The number of rotatable bonds is 4. The van der Waals surface area contributed by atoms with Gasteiger partial charge >= 0.3 is 0 Å². The average molecular weight is 295 g/mol. The number of benzene rings is 2. The number of nitrogens with one attached hydrogen (secondary N) is 1. The molecule has 2 aromatic rings. The average Bonchev–Trinajstić information content (AvgIpc) is 2.57. The van der Waals surface area contributed by atoms with E-state index in [1.165, 1.54) is 29.5 Å². The molecular weight excluding hydrogens is 270 g/mol. The predicted octanol–water partition coefficient (Wildman–Crippen LogP) is 4.98. The van der Waals surface area contributed by atoms with Crippen molar-refractivity contribution in [3.05, 3.63) is 65.2 Å². The van der Waals surface area contributed by atoms with Crippen LogP contribution in [0.15, 0.2) is 48.5 Å². The molecule has 2 heteroatoms. The maximum absolute atomic E-state index is 5.24. The van der Waals surface area contributed by atoms with E-state index in [-0.39, 0.29) is 0 Å². The van der Waals surface area contributed by atoms with Crippen molar-refractivity contribution in [3.63, 3.8) is 0 Å². The Morgan fingerprint density at radius 2 is 1.68 bits per heavy atom. The van der Waals surface area contributed by atoms with Crippen molar-refractivity contribution in [2.24, 2.45) is 0 Å². The summed E-state index contributed by atoms with van der Waals surface area (Å²) in [5, 5.41) is 3.81. The minimum absolute atomic E-state index is 0.331. The normalized spacial score (nSPS) is 22.0. The highest BCUT2D eigenvalue weighted by Gasteiger charge is 2.25. The van der Waals surface area contributed by atoms with Crippen LogP contribution >= 0.6 is 0 Å². The molecule has 0 radical (unpaired) electrons. The molecular formula is C20H25NO. The third-order valence-electron chi connectivity index (χ3n) is 4.86. The lowest BCUT2D eigenvalue weighted by atomic mass is 9.80. The Morgan fingerprint density at radius 1 is 1.00 bits per heavy atom. The van der Waals surface area contributed by atoms with E-state index in [1.54, 1.807) is 7.11 Å². The highest BCUT2D eigenvalue weighted by molar-refractivity contribution is 5.35. The smallest absolute Gasteiger partial charge is 0.118 e. The van der Waals surface area contributed by atoms with Crippen LogP contribution in [0.2, 0.25) is 0 Å². The zero-order chi connectivity index (χ0) is 15.5. The maximum Gasteiger partial charge on any atom is 0.118 e. The van der Waals surface area contributed by atoms with E-state index in [0.717, 1.165) is 5.75 Å². The minimum atomic E-state index is 0.331. The Balaban J connectivity index is 1.76. The molecule has 116 valence electrons. The first kappa shape index (κ1) is 15.1. The van der Waals surface area contributed by atoms with Crippen LogP contribution in [0.25, 0.3) is 0 Å². The fourth-order valence-electron chi connectivity index (χ4n) is 3.47. The van der Waals surface area contributed by atoms with Gasteiger partial charge in [0.15, 0.2) is 0 Å². The Bertz CT molecular complexity index is 620. The van der Waals surface area contributed by atoms with Gasteiger partial charge in [0.05, 0.1) is 7.11 Å². The molecule has 0 saturated carbocycles. The lowest BCUT2D eigenvalue weighted by Crippen LogP contribution is -2.28. The summed E-state index contributed by atoms with van der Waals surface area (Å²) in [6, 6.07) is 18.0. The fraction of sp³-hybridized carbons (Fsp3) is 0.400. The van der Waals surface area contributed by atoms with Crippen LogP contribution in [-0.2, 0) is 0 Å². The lowest BCUT2D eigenvalue weighted by Gasteiger charge is -2.32. The van der Waals surface area contributed by atoms with Gasteiger partial charge in [-0.05, 0) is 54.5 Å². The lowest BCUT2D eigenvalue weighted by molar-refractivity contribution is 0.395. The summed E-state index contributed by atoms with van der Waals surface area (Å²) >= 11 is 0. The first-order chi connectivity index (χ1) is 10.7. The second kappa shape index (κ2) is 6.53. The van der Waals surface area contributed by atoms with Gasteiger partial charge in [-0.1, -0.05) is 43.3 Å². The summed E-state index contributed by atoms with van der Waals surface area (Å²) in [5.74, 6) is 1.58. The number of ether oxygens (including phenoxy) is 1. The standard InChI is InChI=1S/C20H25NO/c1-14-8-13-20(19-7-5-4-6-18(14)19)21-15(2)16-9-11-17(22-3)12-10-16/h4-7,9-12,14-15,20-21H,8,13H2,1-3H3/t14?,15-,20-/m1/s1. The molecule has 0 saturated heterocycles. The molecule has 0 aliphatic heterocycles. The molecule has 2 nitrogen and oxygen atoms in total. The molecule has 1 aliphatic rings. The van der Waals surface area contributed by atoms with Crippen molar-refractivity contribution >= 4 is 0 Å². The third kappa shape index (κ3) is 3.02. The Labute approximate surface area is 133 Å². The quantitative estimate of drug-likeness (QED) is 0.858. The molecule has 0 heterocycles. The Hall–Kier alpha value is -1.80. The van der Waals surface area contributed by atoms with Crippen molar-refractivity contribution in [1.82, 2.24) is 5.32 Å². The number of methoxy groups -OCH3 is 1. The van der Waals surface area contributed by atoms with Crippen LogP contribution in [-0.4, -0.2) is 7.11 Å². The molecule has 0 amide bonds. The fourth-order valence-corrected chi connectivity index (χ4v) is 3.47. The van der Waals surface area contributed by atoms with Crippen LogP contribution in [0.3, 0.4) is 0 Å². The van der Waals surface area contributed by atoms with Gasteiger partial charge in [0.1, 0.15) is 5.75 Å². The topological polar surface area (TPSA) is 21.3 Å². The van der Waals surface area contributed by atoms with Gasteiger partial charge in [-0.15, -0.1) is 0 Å². The number of fused-ring (bicyclic) bond motifs is 1. The summed E-state index contributed by atoms with van der Waals surface area (Å²) in [4.78, 5) is 0. The minimum Gasteiger partial charge on any atom is -0.497 e. The van der Waals surface area contributed by atoms with Gasteiger partial charge in [-0.25, -0.2) is 0 Å². The monoisotopic (exact) mass is 295 g/mol. The summed E-state index contributed by atoms with van der Waals surface area (Å²) in [6.07, 6.45) is 2.46. The van der Waals surface area contributed by atoms with Crippen molar-refractivity contribution in [2.45, 2.75) is 44.7 Å². The Kier molecular flexibility index (Phi) is 4.49. The second-order valence-electron chi connectivity index (χ2n) is 6.32. The van der Waals surface area contributed by atoms with Gasteiger partial charge < -0.3 is 10.1 Å². The zero-order valence-electron chi connectivity index (χ0n) is 13.7. The van der Waals surface area contributed by atoms with E-state index >= 15 is 0 Å². The summed E-state index contributed by atoms with van der Waals surface area (Å²) < 4.78 is 5.24. The summed E-state index contributed by atoms with van der Waals surface area (Å²) in [6.45, 7) is 4.57. The van der Waals surface area contributed by atoms with E-state index < -0.39 is 0 Å². The zero-order valence-corrected chi connectivity index (χ0v) is 13.7. The van der Waals surface area contributed by atoms with Crippen LogP contribution in [0.5, 0.6) is 5.75 Å². The predicted molar refractivity (Wildman–Crippen MR) is 91.4 cm³/mol. The second-order valence-corrected chi connectivity index (χ2v) is 6.32. The highest BCUT2D eigenvalue weighted by atomic mass is 16.5. The van der Waals surface area contributed by atoms with Crippen LogP contribution in [0.1, 0.15) is 61.4 Å². The van der Waals surface area contributed by atoms with Crippen LogP contribution in [0, 0.1) is 0 Å². The largest absolute Gasteiger partial charge is 0.497 e. The molecule has 0 spiro atoms. The van der Waals surface area contributed by atoms with Gasteiger partial charge in [0.2, 0.25) is 0 Å². The molecule has 0 bridgehead atoms. The van der Waals surface area contributed by atoms with Crippen molar-refractivity contribution in [3.8, 4) is 5.75 Å². The van der Waals surface area contributed by atoms with Crippen LogP contribution < -0.4 is 10.1 Å². The third-order valence-corrected chi connectivity index (χ3v) is 4.86. The molecule has 0 fully saturated rings. The first-order valence-corrected chi connectivity index (χ1v) is 8.18. The summed E-state index contributed by atoms with van der Waals surface area (Å²) in [5.41, 5.74) is 4.28. The number of hydrogen-bond acceptors (Lipinski definition) is 2. The van der Waals surface area contributed by atoms with Crippen molar-refractivity contribution in [1.29, 1.82) is 0 Å². The molecule has 1 N–H and O–H groups in total. The SMILES string of the molecule is COc1ccc([C@@H](C)N[C@@H]2CCC(C)c3ccccc32)cc1. The van der Waals surface area contributed by atoms with Gasteiger partial charge in [-0.2, -0.15) is 0 Å². The molecule has 3 rings (SSSR count). The molecule has 0 aromatic heterocycles. The number of hydrogen-bond donors (Lipinski definition) is 1.